The molecule has 0 bridgehead atoms. The Morgan fingerprint density at radius 1 is 1.06 bits per heavy atom. The molecule has 2 heterocycles. The van der Waals surface area contributed by atoms with Crippen molar-refractivity contribution >= 4 is 34.4 Å². The summed E-state index contributed by atoms with van der Waals surface area (Å²) < 4.78 is 5.45. The number of piperazine rings is 1. The molecule has 9 nitrogen and oxygen atoms in total. The first-order valence-corrected chi connectivity index (χ1v) is 10.3. The number of anilines is 3. The molecule has 1 fully saturated rings. The Morgan fingerprint density at radius 3 is 2.42 bits per heavy atom. The van der Waals surface area contributed by atoms with Crippen LogP contribution in [0, 0.1) is 5.21 Å². The normalized spacial score (nSPS) is 14.5. The van der Waals surface area contributed by atoms with Crippen LogP contribution >= 0.6 is 0 Å². The zero-order valence-corrected chi connectivity index (χ0v) is 17.9. The van der Waals surface area contributed by atoms with E-state index in [2.05, 4.69) is 20.3 Å². The van der Waals surface area contributed by atoms with Crippen LogP contribution in [-0.2, 0) is 4.74 Å². The second-order valence-electron chi connectivity index (χ2n) is 8.42. The average Bonchev–Trinajstić information content (AvgIpc) is 2.73. The van der Waals surface area contributed by atoms with Gasteiger partial charge < -0.3 is 25.1 Å². The minimum Gasteiger partial charge on any atom is -0.594 e. The maximum absolute atomic E-state index is 12.2. The van der Waals surface area contributed by atoms with E-state index in [9.17, 15) is 10.0 Å². The first-order valence-electron chi connectivity index (χ1n) is 10.3. The Labute approximate surface area is 180 Å². The molecule has 9 heteroatoms. The van der Waals surface area contributed by atoms with Crippen LogP contribution in [0.3, 0.4) is 0 Å². The number of ether oxygens (including phenoxy) is 1. The molecular weight excluding hydrogens is 396 g/mol. The molecule has 4 rings (SSSR count). The highest BCUT2D eigenvalue weighted by molar-refractivity contribution is 5.72. The Hall–Kier alpha value is -3.62. The molecule has 1 aromatic heterocycles. The summed E-state index contributed by atoms with van der Waals surface area (Å²) in [7, 11) is 0. The van der Waals surface area contributed by atoms with E-state index in [1.54, 1.807) is 23.1 Å². The second-order valence-corrected chi connectivity index (χ2v) is 8.42. The standard InChI is InChI=1S/C22H26N6O3/c1-22(2,3)31-21(29)27-14-12-26(13-15-27)17-10-8-16(9-11-17)23-20-24-18-6-4-5-7-19(18)28(30)25-20/h4-11H,12-15H2,1-3H3,(H,23,24,25). The van der Waals surface area contributed by atoms with E-state index < -0.39 is 5.60 Å². The lowest BCUT2D eigenvalue weighted by Crippen LogP contribution is -2.50. The molecule has 0 spiro atoms. The van der Waals surface area contributed by atoms with Gasteiger partial charge in [0, 0.05) is 43.6 Å². The monoisotopic (exact) mass is 422 g/mol. The van der Waals surface area contributed by atoms with Crippen molar-refractivity contribution in [2.24, 2.45) is 0 Å². The summed E-state index contributed by atoms with van der Waals surface area (Å²) >= 11 is 0. The zero-order valence-electron chi connectivity index (χ0n) is 17.9. The van der Waals surface area contributed by atoms with Gasteiger partial charge in [-0.2, -0.15) is 0 Å². The maximum atomic E-state index is 12.2. The molecule has 2 aromatic carbocycles. The Kier molecular flexibility index (Phi) is 5.50. The molecule has 0 unspecified atom stereocenters. The van der Waals surface area contributed by atoms with Crippen LogP contribution in [-0.4, -0.2) is 52.9 Å². The molecule has 0 atom stereocenters. The van der Waals surface area contributed by atoms with Crippen molar-refractivity contribution < 1.29 is 14.4 Å². The molecule has 0 aliphatic carbocycles. The molecule has 0 saturated carbocycles. The van der Waals surface area contributed by atoms with Crippen LogP contribution in [0.4, 0.5) is 22.1 Å². The van der Waals surface area contributed by atoms with Crippen molar-refractivity contribution in [3.05, 3.63) is 53.7 Å². The quantitative estimate of drug-likeness (QED) is 0.512. The number of hydrogen-bond donors (Lipinski definition) is 1. The lowest BCUT2D eigenvalue weighted by Gasteiger charge is -2.36. The van der Waals surface area contributed by atoms with E-state index in [1.165, 1.54) is 0 Å². The number of hydrogen-bond acceptors (Lipinski definition) is 7. The fraction of sp³-hybridized carbons (Fsp3) is 0.364. The number of amides is 1. The van der Waals surface area contributed by atoms with Gasteiger partial charge >= 0.3 is 6.09 Å². The Morgan fingerprint density at radius 2 is 1.74 bits per heavy atom. The van der Waals surface area contributed by atoms with Gasteiger partial charge in [-0.25, -0.2) is 9.78 Å². The zero-order chi connectivity index (χ0) is 22.0. The Bertz CT molecular complexity index is 1070. The van der Waals surface area contributed by atoms with E-state index in [-0.39, 0.29) is 12.0 Å². The van der Waals surface area contributed by atoms with Gasteiger partial charge in [-0.3, -0.25) is 0 Å². The minimum atomic E-state index is -0.489. The number of para-hydroxylation sites is 2. The van der Waals surface area contributed by atoms with Gasteiger partial charge in [-0.05, 0) is 55.9 Å². The number of fused-ring (bicyclic) bond motifs is 1. The molecule has 31 heavy (non-hydrogen) atoms. The van der Waals surface area contributed by atoms with Crippen molar-refractivity contribution in [2.45, 2.75) is 26.4 Å². The van der Waals surface area contributed by atoms with Crippen LogP contribution in [0.1, 0.15) is 20.8 Å². The van der Waals surface area contributed by atoms with E-state index >= 15 is 0 Å². The molecule has 162 valence electrons. The number of benzene rings is 2. The average molecular weight is 422 g/mol. The lowest BCUT2D eigenvalue weighted by molar-refractivity contribution is -0.641. The molecule has 1 aliphatic rings. The first kappa shape index (κ1) is 20.6. The van der Waals surface area contributed by atoms with E-state index in [0.717, 1.165) is 24.5 Å². The van der Waals surface area contributed by atoms with Crippen LogP contribution in [0.15, 0.2) is 48.5 Å². The topological polar surface area (TPSA) is 97.5 Å². The van der Waals surface area contributed by atoms with E-state index in [4.69, 9.17) is 4.74 Å². The molecule has 1 N–H and O–H groups in total. The molecular formula is C22H26N6O3. The van der Waals surface area contributed by atoms with E-state index in [0.29, 0.717) is 29.0 Å². The predicted octanol–water partition coefficient (Wildman–Crippen LogP) is 3.06. The number of aromatic nitrogens is 3. The fourth-order valence-corrected chi connectivity index (χ4v) is 3.41. The van der Waals surface area contributed by atoms with Crippen molar-refractivity contribution in [1.29, 1.82) is 0 Å². The highest BCUT2D eigenvalue weighted by Crippen LogP contribution is 2.22. The van der Waals surface area contributed by atoms with Gasteiger partial charge in [-0.1, -0.05) is 12.1 Å². The summed E-state index contributed by atoms with van der Waals surface area (Å²) in [6.07, 6.45) is -0.266. The maximum Gasteiger partial charge on any atom is 0.410 e. The van der Waals surface area contributed by atoms with Gasteiger partial charge in [-0.15, -0.1) is 0 Å². The van der Waals surface area contributed by atoms with Crippen molar-refractivity contribution in [2.75, 3.05) is 36.4 Å². The fourth-order valence-electron chi connectivity index (χ4n) is 3.41. The SMILES string of the molecule is CC(C)(C)OC(=O)N1CCN(c2ccc(Nc3nc4ccccc4[n+]([O-])n3)cc2)CC1. The van der Waals surface area contributed by atoms with E-state index in [1.807, 2.05) is 51.1 Å². The minimum absolute atomic E-state index is 0.243. The number of rotatable bonds is 3. The summed E-state index contributed by atoms with van der Waals surface area (Å²) in [5, 5.41) is 19.1. The third-order valence-electron chi connectivity index (χ3n) is 4.92. The largest absolute Gasteiger partial charge is 0.594 e. The van der Waals surface area contributed by atoms with Crippen molar-refractivity contribution in [1.82, 2.24) is 15.0 Å². The molecule has 1 amide bonds. The second kappa shape index (κ2) is 8.25. The van der Waals surface area contributed by atoms with Gasteiger partial charge in [0.05, 0.1) is 5.10 Å². The summed E-state index contributed by atoms with van der Waals surface area (Å²) in [4.78, 5) is 21.2. The summed E-state index contributed by atoms with van der Waals surface area (Å²) in [6, 6.07) is 14.9. The molecule has 1 saturated heterocycles. The van der Waals surface area contributed by atoms with Crippen LogP contribution in [0.25, 0.3) is 11.0 Å². The van der Waals surface area contributed by atoms with Crippen LogP contribution in [0.5, 0.6) is 0 Å². The van der Waals surface area contributed by atoms with Gasteiger partial charge in [0.2, 0.25) is 0 Å². The summed E-state index contributed by atoms with van der Waals surface area (Å²) in [5.74, 6) is 0.243. The molecule has 0 radical (unpaired) electrons. The summed E-state index contributed by atoms with van der Waals surface area (Å²) in [6.45, 7) is 8.31. The predicted molar refractivity (Wildman–Crippen MR) is 118 cm³/mol. The van der Waals surface area contributed by atoms with Gasteiger partial charge in [0.1, 0.15) is 11.1 Å². The van der Waals surface area contributed by atoms with Crippen LogP contribution in [0.2, 0.25) is 0 Å². The van der Waals surface area contributed by atoms with Crippen molar-refractivity contribution in [3.8, 4) is 0 Å². The van der Waals surface area contributed by atoms with Gasteiger partial charge in [0.15, 0.2) is 0 Å². The first-order chi connectivity index (χ1) is 14.8. The number of carbonyl (C=O) groups excluding carboxylic acids is 1. The third-order valence-corrected chi connectivity index (χ3v) is 4.92. The number of nitrogens with zero attached hydrogens (tertiary/aromatic N) is 5. The van der Waals surface area contributed by atoms with Crippen LogP contribution < -0.4 is 15.1 Å². The smallest absolute Gasteiger partial charge is 0.410 e. The summed E-state index contributed by atoms with van der Waals surface area (Å²) in [5.41, 5.74) is 2.36. The Balaban J connectivity index is 1.38. The van der Waals surface area contributed by atoms with Gasteiger partial charge in [0.25, 0.3) is 11.5 Å². The third kappa shape index (κ3) is 4.93. The molecule has 3 aromatic rings. The lowest BCUT2D eigenvalue weighted by atomic mass is 10.2. The molecule has 1 aliphatic heterocycles. The highest BCUT2D eigenvalue weighted by Gasteiger charge is 2.26. The van der Waals surface area contributed by atoms with Crippen molar-refractivity contribution in [3.63, 3.8) is 0 Å². The number of nitrogens with one attached hydrogen (secondary N) is 1. The number of carbonyl (C=O) groups is 1. The highest BCUT2D eigenvalue weighted by atomic mass is 16.6.